The molecule has 0 aromatic rings. The molecule has 1 N–H and O–H groups in total. The Morgan fingerprint density at radius 3 is 2.55 bits per heavy atom. The van der Waals surface area contributed by atoms with E-state index in [1.165, 1.54) is 25.8 Å². The summed E-state index contributed by atoms with van der Waals surface area (Å²) in [5, 5.41) is 3.66. The van der Waals surface area contributed by atoms with E-state index < -0.39 is 0 Å². The number of carbonyl (C=O) groups excluding carboxylic acids is 1. The van der Waals surface area contributed by atoms with Crippen molar-refractivity contribution in [2.45, 2.75) is 52.0 Å². The van der Waals surface area contributed by atoms with Crippen LogP contribution in [0.15, 0.2) is 0 Å². The third kappa shape index (κ3) is 6.04. The van der Waals surface area contributed by atoms with Gasteiger partial charge in [-0.25, -0.2) is 0 Å². The van der Waals surface area contributed by atoms with E-state index in [9.17, 15) is 4.79 Å². The van der Waals surface area contributed by atoms with E-state index in [1.807, 2.05) is 0 Å². The fourth-order valence-electron chi connectivity index (χ4n) is 2.56. The molecule has 1 amide bonds. The van der Waals surface area contributed by atoms with Gasteiger partial charge in [-0.15, -0.1) is 0 Å². The average Bonchev–Trinajstić information content (AvgIpc) is 3.25. The lowest BCUT2D eigenvalue weighted by atomic mass is 10.0. The first-order valence-corrected chi connectivity index (χ1v) is 9.39. The molecule has 0 atom stereocenters. The molecule has 0 bridgehead atoms. The van der Waals surface area contributed by atoms with E-state index >= 15 is 0 Å². The molecule has 1 aliphatic carbocycles. The average molecular weight is 298 g/mol. The maximum absolute atomic E-state index is 12.1. The third-order valence-electron chi connectivity index (χ3n) is 4.30. The normalized spacial score (nSPS) is 20.6. The van der Waals surface area contributed by atoms with Crippen LogP contribution in [0.2, 0.25) is 0 Å². The predicted octanol–water partition coefficient (Wildman–Crippen LogP) is 2.76. The summed E-state index contributed by atoms with van der Waals surface area (Å²) in [5.74, 6) is 3.83. The first kappa shape index (κ1) is 16.2. The first-order valence-electron chi connectivity index (χ1n) is 8.24. The lowest BCUT2D eigenvalue weighted by Crippen LogP contribution is -2.45. The molecule has 1 heterocycles. The Balaban J connectivity index is 1.54. The summed E-state index contributed by atoms with van der Waals surface area (Å²) in [4.78, 5) is 14.2. The molecular formula is C16H30N2OS. The SMILES string of the molecule is CC(C)CCSCC(=O)N1CCC(NCC2CC2)CC1. The molecule has 1 saturated carbocycles. The fraction of sp³-hybridized carbons (Fsp3) is 0.938. The van der Waals surface area contributed by atoms with Crippen LogP contribution < -0.4 is 5.32 Å². The highest BCUT2D eigenvalue weighted by Gasteiger charge is 2.25. The lowest BCUT2D eigenvalue weighted by Gasteiger charge is -2.32. The van der Waals surface area contributed by atoms with Crippen molar-refractivity contribution in [1.29, 1.82) is 0 Å². The second-order valence-corrected chi connectivity index (χ2v) is 7.85. The number of hydrogen-bond acceptors (Lipinski definition) is 3. The molecule has 0 aromatic carbocycles. The maximum Gasteiger partial charge on any atom is 0.232 e. The van der Waals surface area contributed by atoms with E-state index in [4.69, 9.17) is 0 Å². The van der Waals surface area contributed by atoms with E-state index in [2.05, 4.69) is 24.1 Å². The van der Waals surface area contributed by atoms with Gasteiger partial charge < -0.3 is 10.2 Å². The number of amides is 1. The largest absolute Gasteiger partial charge is 0.342 e. The van der Waals surface area contributed by atoms with Crippen LogP contribution in [0.5, 0.6) is 0 Å². The van der Waals surface area contributed by atoms with Crippen LogP contribution in [0.3, 0.4) is 0 Å². The topological polar surface area (TPSA) is 32.3 Å². The number of carbonyl (C=O) groups is 1. The summed E-state index contributed by atoms with van der Waals surface area (Å²) < 4.78 is 0. The van der Waals surface area contributed by atoms with Crippen LogP contribution in [0.4, 0.5) is 0 Å². The molecule has 2 rings (SSSR count). The summed E-state index contributed by atoms with van der Waals surface area (Å²) in [5.41, 5.74) is 0. The van der Waals surface area contributed by atoms with E-state index in [1.54, 1.807) is 11.8 Å². The van der Waals surface area contributed by atoms with Crippen molar-refractivity contribution in [3.63, 3.8) is 0 Å². The minimum atomic E-state index is 0.347. The number of piperidine rings is 1. The zero-order chi connectivity index (χ0) is 14.4. The molecular weight excluding hydrogens is 268 g/mol. The lowest BCUT2D eigenvalue weighted by molar-refractivity contribution is -0.129. The van der Waals surface area contributed by atoms with Gasteiger partial charge in [0.2, 0.25) is 5.91 Å². The van der Waals surface area contributed by atoms with Crippen LogP contribution in [0, 0.1) is 11.8 Å². The van der Waals surface area contributed by atoms with Crippen molar-refractivity contribution in [2.24, 2.45) is 11.8 Å². The van der Waals surface area contributed by atoms with Crippen molar-refractivity contribution >= 4 is 17.7 Å². The van der Waals surface area contributed by atoms with Gasteiger partial charge in [-0.05, 0) is 56.2 Å². The Morgan fingerprint density at radius 1 is 1.25 bits per heavy atom. The summed E-state index contributed by atoms with van der Waals surface area (Å²) in [6, 6.07) is 0.647. The van der Waals surface area contributed by atoms with E-state index in [0.717, 1.165) is 43.5 Å². The number of thioether (sulfide) groups is 1. The van der Waals surface area contributed by atoms with Crippen LogP contribution in [-0.4, -0.2) is 48.0 Å². The second kappa shape index (κ2) is 8.28. The van der Waals surface area contributed by atoms with Gasteiger partial charge >= 0.3 is 0 Å². The van der Waals surface area contributed by atoms with Gasteiger partial charge in [0.05, 0.1) is 5.75 Å². The van der Waals surface area contributed by atoms with Crippen LogP contribution in [-0.2, 0) is 4.79 Å². The maximum atomic E-state index is 12.1. The van der Waals surface area contributed by atoms with E-state index in [-0.39, 0.29) is 0 Å². The van der Waals surface area contributed by atoms with Crippen molar-refractivity contribution in [3.05, 3.63) is 0 Å². The standard InChI is InChI=1S/C16H30N2OS/c1-13(2)7-10-20-12-16(19)18-8-5-15(6-9-18)17-11-14-3-4-14/h13-15,17H,3-12H2,1-2H3. The number of nitrogens with one attached hydrogen (secondary N) is 1. The molecule has 20 heavy (non-hydrogen) atoms. The fourth-order valence-corrected chi connectivity index (χ4v) is 3.70. The molecule has 1 aliphatic heterocycles. The highest BCUT2D eigenvalue weighted by atomic mass is 32.2. The van der Waals surface area contributed by atoms with Crippen molar-refractivity contribution in [2.75, 3.05) is 31.1 Å². The molecule has 2 fully saturated rings. The highest BCUT2D eigenvalue weighted by molar-refractivity contribution is 7.99. The highest BCUT2D eigenvalue weighted by Crippen LogP contribution is 2.28. The van der Waals surface area contributed by atoms with Gasteiger partial charge in [-0.3, -0.25) is 4.79 Å². The minimum Gasteiger partial charge on any atom is -0.342 e. The van der Waals surface area contributed by atoms with Gasteiger partial charge in [-0.1, -0.05) is 13.8 Å². The quantitative estimate of drug-likeness (QED) is 0.699. The van der Waals surface area contributed by atoms with Gasteiger partial charge in [0.1, 0.15) is 0 Å². The van der Waals surface area contributed by atoms with Crippen LogP contribution >= 0.6 is 11.8 Å². The Labute approximate surface area is 128 Å². The van der Waals surface area contributed by atoms with Gasteiger partial charge in [0, 0.05) is 19.1 Å². The molecule has 0 aromatic heterocycles. The van der Waals surface area contributed by atoms with Crippen LogP contribution in [0.25, 0.3) is 0 Å². The molecule has 2 aliphatic rings. The number of hydrogen-bond donors (Lipinski definition) is 1. The molecule has 4 heteroatoms. The molecule has 3 nitrogen and oxygen atoms in total. The smallest absolute Gasteiger partial charge is 0.232 e. The summed E-state index contributed by atoms with van der Waals surface area (Å²) in [6.45, 7) is 7.57. The van der Waals surface area contributed by atoms with Gasteiger partial charge in [-0.2, -0.15) is 11.8 Å². The third-order valence-corrected chi connectivity index (χ3v) is 5.28. The predicted molar refractivity (Wildman–Crippen MR) is 87.1 cm³/mol. The molecule has 1 saturated heterocycles. The Kier molecular flexibility index (Phi) is 6.69. The summed E-state index contributed by atoms with van der Waals surface area (Å²) in [7, 11) is 0. The van der Waals surface area contributed by atoms with Crippen molar-refractivity contribution in [1.82, 2.24) is 10.2 Å². The summed E-state index contributed by atoms with van der Waals surface area (Å²) >= 11 is 1.80. The number of likely N-dealkylation sites (tertiary alicyclic amines) is 1. The number of rotatable bonds is 8. The summed E-state index contributed by atoms with van der Waals surface area (Å²) in [6.07, 6.45) is 6.31. The van der Waals surface area contributed by atoms with Crippen molar-refractivity contribution < 1.29 is 4.79 Å². The van der Waals surface area contributed by atoms with Crippen molar-refractivity contribution in [3.8, 4) is 0 Å². The molecule has 0 spiro atoms. The zero-order valence-corrected chi connectivity index (χ0v) is 13.9. The van der Waals surface area contributed by atoms with E-state index in [0.29, 0.717) is 17.7 Å². The first-order chi connectivity index (χ1) is 9.65. The van der Waals surface area contributed by atoms with Gasteiger partial charge in [0.15, 0.2) is 0 Å². The monoisotopic (exact) mass is 298 g/mol. The number of nitrogens with zero attached hydrogens (tertiary/aromatic N) is 1. The zero-order valence-electron chi connectivity index (χ0n) is 13.1. The Hall–Kier alpha value is -0.220. The van der Waals surface area contributed by atoms with Crippen LogP contribution in [0.1, 0.15) is 46.0 Å². The Bertz CT molecular complexity index is 297. The molecule has 0 unspecified atom stereocenters. The molecule has 0 radical (unpaired) electrons. The second-order valence-electron chi connectivity index (χ2n) is 6.74. The van der Waals surface area contributed by atoms with Gasteiger partial charge in [0.25, 0.3) is 0 Å². The minimum absolute atomic E-state index is 0.347. The Morgan fingerprint density at radius 2 is 1.95 bits per heavy atom. The molecule has 116 valence electrons.